The highest BCUT2D eigenvalue weighted by atomic mass is 16.5. The molecule has 1 aliphatic rings. The Bertz CT molecular complexity index is 365. The molecule has 0 aromatic carbocycles. The molecule has 4 nitrogen and oxygen atoms in total. The van der Waals surface area contributed by atoms with E-state index in [2.05, 4.69) is 4.98 Å². The molecule has 1 aliphatic carbocycles. The van der Waals surface area contributed by atoms with Gasteiger partial charge in [0, 0.05) is 31.8 Å². The van der Waals surface area contributed by atoms with Crippen LogP contribution in [0, 0.1) is 0 Å². The Morgan fingerprint density at radius 3 is 2.72 bits per heavy atom. The molecular weight excluding hydrogens is 228 g/mol. The van der Waals surface area contributed by atoms with Gasteiger partial charge in [0.2, 0.25) is 5.88 Å². The number of hydrogen-bond acceptors (Lipinski definition) is 4. The SMILES string of the molecule is COC1CCCC(Oc2ccc([C@@H](C)N)cn2)C1. The summed E-state index contributed by atoms with van der Waals surface area (Å²) in [6, 6.07) is 3.89. The normalized spacial score (nSPS) is 25.7. The number of methoxy groups -OCH3 is 1. The Kier molecular flexibility index (Phi) is 4.55. The van der Waals surface area contributed by atoms with E-state index in [0.29, 0.717) is 12.0 Å². The predicted molar refractivity (Wildman–Crippen MR) is 70.5 cm³/mol. The number of hydrogen-bond donors (Lipinski definition) is 1. The summed E-state index contributed by atoms with van der Waals surface area (Å²) in [5, 5.41) is 0. The van der Waals surface area contributed by atoms with E-state index in [-0.39, 0.29) is 12.1 Å². The van der Waals surface area contributed by atoms with E-state index in [9.17, 15) is 0 Å². The third-order valence-corrected chi connectivity index (χ3v) is 3.48. The number of rotatable bonds is 4. The molecule has 0 aliphatic heterocycles. The fourth-order valence-electron chi connectivity index (χ4n) is 2.32. The lowest BCUT2D eigenvalue weighted by Gasteiger charge is -2.28. The van der Waals surface area contributed by atoms with Crippen LogP contribution >= 0.6 is 0 Å². The number of pyridine rings is 1. The summed E-state index contributed by atoms with van der Waals surface area (Å²) in [6.07, 6.45) is 6.65. The van der Waals surface area contributed by atoms with Crippen molar-refractivity contribution in [1.29, 1.82) is 0 Å². The predicted octanol–water partition coefficient (Wildman–Crippen LogP) is 2.44. The molecule has 0 bridgehead atoms. The van der Waals surface area contributed by atoms with Gasteiger partial charge in [-0.25, -0.2) is 4.98 Å². The Hall–Kier alpha value is -1.13. The van der Waals surface area contributed by atoms with Crippen LogP contribution in [0.25, 0.3) is 0 Å². The topological polar surface area (TPSA) is 57.4 Å². The van der Waals surface area contributed by atoms with Crippen molar-refractivity contribution in [2.45, 2.75) is 50.9 Å². The summed E-state index contributed by atoms with van der Waals surface area (Å²) < 4.78 is 11.3. The summed E-state index contributed by atoms with van der Waals surface area (Å²) >= 11 is 0. The molecular formula is C14H22N2O2. The number of aromatic nitrogens is 1. The lowest BCUT2D eigenvalue weighted by molar-refractivity contribution is 0.0195. The van der Waals surface area contributed by atoms with Crippen molar-refractivity contribution in [3.8, 4) is 5.88 Å². The van der Waals surface area contributed by atoms with Crippen molar-refractivity contribution < 1.29 is 9.47 Å². The second-order valence-electron chi connectivity index (χ2n) is 4.98. The highest BCUT2D eigenvalue weighted by Gasteiger charge is 2.23. The highest BCUT2D eigenvalue weighted by molar-refractivity contribution is 5.20. The third-order valence-electron chi connectivity index (χ3n) is 3.48. The maximum absolute atomic E-state index is 5.89. The van der Waals surface area contributed by atoms with Crippen LogP contribution in [-0.4, -0.2) is 24.3 Å². The van der Waals surface area contributed by atoms with Gasteiger partial charge in [-0.05, 0) is 31.7 Å². The van der Waals surface area contributed by atoms with Gasteiger partial charge in [0.1, 0.15) is 6.10 Å². The first kappa shape index (κ1) is 13.3. The van der Waals surface area contributed by atoms with Crippen LogP contribution in [0.4, 0.5) is 0 Å². The van der Waals surface area contributed by atoms with Gasteiger partial charge in [-0.3, -0.25) is 0 Å². The fourth-order valence-corrected chi connectivity index (χ4v) is 2.32. The van der Waals surface area contributed by atoms with E-state index >= 15 is 0 Å². The first-order chi connectivity index (χ1) is 8.69. The van der Waals surface area contributed by atoms with Gasteiger partial charge >= 0.3 is 0 Å². The zero-order valence-corrected chi connectivity index (χ0v) is 11.1. The van der Waals surface area contributed by atoms with Crippen LogP contribution in [0.15, 0.2) is 18.3 Å². The van der Waals surface area contributed by atoms with Gasteiger partial charge in [0.25, 0.3) is 0 Å². The quantitative estimate of drug-likeness (QED) is 0.891. The van der Waals surface area contributed by atoms with Gasteiger partial charge in [0.15, 0.2) is 0 Å². The first-order valence-electron chi connectivity index (χ1n) is 6.60. The van der Waals surface area contributed by atoms with Crippen LogP contribution in [-0.2, 0) is 4.74 Å². The molecule has 2 unspecified atom stereocenters. The average Bonchev–Trinajstić information content (AvgIpc) is 2.39. The van der Waals surface area contributed by atoms with Gasteiger partial charge in [-0.1, -0.05) is 6.07 Å². The van der Waals surface area contributed by atoms with E-state index in [1.54, 1.807) is 13.3 Å². The van der Waals surface area contributed by atoms with Gasteiger partial charge in [-0.2, -0.15) is 0 Å². The second kappa shape index (κ2) is 6.16. The molecule has 0 radical (unpaired) electrons. The maximum atomic E-state index is 5.89. The van der Waals surface area contributed by atoms with Gasteiger partial charge in [0.05, 0.1) is 6.10 Å². The van der Waals surface area contributed by atoms with E-state index in [1.807, 2.05) is 19.1 Å². The zero-order chi connectivity index (χ0) is 13.0. The molecule has 1 heterocycles. The molecule has 1 aromatic rings. The highest BCUT2D eigenvalue weighted by Crippen LogP contribution is 2.24. The van der Waals surface area contributed by atoms with Gasteiger partial charge < -0.3 is 15.2 Å². The first-order valence-corrected chi connectivity index (χ1v) is 6.60. The molecule has 1 aromatic heterocycles. The fraction of sp³-hybridized carbons (Fsp3) is 0.643. The standard InChI is InChI=1S/C14H22N2O2/c1-10(15)11-6-7-14(16-9-11)18-13-5-3-4-12(8-13)17-2/h6-7,9-10,12-13H,3-5,8,15H2,1-2H3/t10-,12?,13?/m1/s1. The Balaban J connectivity index is 1.92. The summed E-state index contributed by atoms with van der Waals surface area (Å²) in [6.45, 7) is 1.95. The zero-order valence-electron chi connectivity index (χ0n) is 11.1. The molecule has 1 saturated carbocycles. The van der Waals surface area contributed by atoms with Gasteiger partial charge in [-0.15, -0.1) is 0 Å². The molecule has 18 heavy (non-hydrogen) atoms. The molecule has 0 spiro atoms. The van der Waals surface area contributed by atoms with Crippen LogP contribution in [0.3, 0.4) is 0 Å². The molecule has 3 atom stereocenters. The number of nitrogens with two attached hydrogens (primary N) is 1. The Labute approximate surface area is 108 Å². The van der Waals surface area contributed by atoms with Crippen molar-refractivity contribution in [2.24, 2.45) is 5.73 Å². The minimum absolute atomic E-state index is 0.0131. The van der Waals surface area contributed by atoms with Crippen LogP contribution < -0.4 is 10.5 Å². The number of nitrogens with zero attached hydrogens (tertiary/aromatic N) is 1. The number of ether oxygens (including phenoxy) is 2. The molecule has 0 amide bonds. The van der Waals surface area contributed by atoms with Crippen molar-refractivity contribution in [3.63, 3.8) is 0 Å². The summed E-state index contributed by atoms with van der Waals surface area (Å²) in [5.74, 6) is 0.682. The average molecular weight is 250 g/mol. The minimum atomic E-state index is 0.0131. The molecule has 1 fully saturated rings. The monoisotopic (exact) mass is 250 g/mol. The smallest absolute Gasteiger partial charge is 0.213 e. The van der Waals surface area contributed by atoms with E-state index in [4.69, 9.17) is 15.2 Å². The molecule has 2 N–H and O–H groups in total. The maximum Gasteiger partial charge on any atom is 0.213 e. The summed E-state index contributed by atoms with van der Waals surface area (Å²) in [7, 11) is 1.77. The lowest BCUT2D eigenvalue weighted by atomic mass is 9.95. The summed E-state index contributed by atoms with van der Waals surface area (Å²) in [4.78, 5) is 4.30. The van der Waals surface area contributed by atoms with E-state index < -0.39 is 0 Å². The molecule has 4 heteroatoms. The second-order valence-corrected chi connectivity index (χ2v) is 4.98. The minimum Gasteiger partial charge on any atom is -0.474 e. The van der Waals surface area contributed by atoms with Crippen LogP contribution in [0.5, 0.6) is 5.88 Å². The van der Waals surface area contributed by atoms with E-state index in [0.717, 1.165) is 31.2 Å². The molecule has 100 valence electrons. The van der Waals surface area contributed by atoms with Crippen LogP contribution in [0.2, 0.25) is 0 Å². The van der Waals surface area contributed by atoms with Crippen molar-refractivity contribution in [1.82, 2.24) is 4.98 Å². The lowest BCUT2D eigenvalue weighted by Crippen LogP contribution is -2.29. The van der Waals surface area contributed by atoms with E-state index in [1.165, 1.54) is 0 Å². The Morgan fingerprint density at radius 2 is 2.11 bits per heavy atom. The van der Waals surface area contributed by atoms with Crippen LogP contribution in [0.1, 0.15) is 44.2 Å². The third kappa shape index (κ3) is 3.43. The largest absolute Gasteiger partial charge is 0.474 e. The van der Waals surface area contributed by atoms with Crippen molar-refractivity contribution in [2.75, 3.05) is 7.11 Å². The molecule has 2 rings (SSSR count). The molecule has 0 saturated heterocycles. The van der Waals surface area contributed by atoms with Crippen molar-refractivity contribution >= 4 is 0 Å². The van der Waals surface area contributed by atoms with Crippen molar-refractivity contribution in [3.05, 3.63) is 23.9 Å². The summed E-state index contributed by atoms with van der Waals surface area (Å²) in [5.41, 5.74) is 6.82. The Morgan fingerprint density at radius 1 is 1.33 bits per heavy atom.